The third kappa shape index (κ3) is 14.2. The van der Waals surface area contributed by atoms with Crippen molar-refractivity contribution < 1.29 is 23.9 Å². The second-order valence-corrected chi connectivity index (χ2v) is 15.3. The molecule has 0 saturated carbocycles. The van der Waals surface area contributed by atoms with Crippen molar-refractivity contribution in [1.29, 1.82) is 0 Å². The summed E-state index contributed by atoms with van der Waals surface area (Å²) in [6.07, 6.45) is 3.56. The summed E-state index contributed by atoms with van der Waals surface area (Å²) in [5, 5.41) is 17.6. The number of amides is 5. The van der Waals surface area contributed by atoms with E-state index in [1.54, 1.807) is 30.5 Å². The van der Waals surface area contributed by atoms with Crippen LogP contribution in [0, 0.1) is 5.92 Å². The number of likely N-dealkylation sites (N-methyl/N-ethyl adjacent to an activating group) is 1. The fraction of sp³-hybridized carbons (Fsp3) is 0.447. The summed E-state index contributed by atoms with van der Waals surface area (Å²) in [5.74, 6) is -0.141. The average Bonchev–Trinajstić information content (AvgIpc) is 3.83. The van der Waals surface area contributed by atoms with Crippen LogP contribution in [0.3, 0.4) is 0 Å². The van der Waals surface area contributed by atoms with Crippen molar-refractivity contribution in [3.05, 3.63) is 99.5 Å². The number of ether oxygens (including phenoxy) is 1. The number of carbonyl (C=O) groups excluding carboxylic acids is 4. The van der Waals surface area contributed by atoms with E-state index < -0.39 is 18.2 Å². The second-order valence-electron chi connectivity index (χ2n) is 13.3. The molecule has 0 spiro atoms. The van der Waals surface area contributed by atoms with E-state index in [1.807, 2.05) is 66.1 Å². The largest absolute Gasteiger partial charge is 0.444 e. The number of nitrogens with one attached hydrogen (secondary N) is 5. The van der Waals surface area contributed by atoms with E-state index in [1.165, 1.54) is 23.2 Å². The molecule has 4 rings (SSSR count). The summed E-state index contributed by atoms with van der Waals surface area (Å²) >= 11 is 3.11. The maximum absolute atomic E-state index is 14.0. The van der Waals surface area contributed by atoms with E-state index in [0.29, 0.717) is 38.1 Å². The molecule has 0 radical (unpaired) electrons. The van der Waals surface area contributed by atoms with Crippen LogP contribution in [0.25, 0.3) is 0 Å². The first-order chi connectivity index (χ1) is 25.0. The maximum atomic E-state index is 14.0. The summed E-state index contributed by atoms with van der Waals surface area (Å²) < 4.78 is 5.49. The number of nitrogens with zero attached hydrogens (tertiary/aromatic N) is 2. The number of thioether (sulfide) groups is 1. The molecule has 5 amide bonds. The van der Waals surface area contributed by atoms with Crippen LogP contribution in [0.2, 0.25) is 0 Å². The monoisotopic (exact) mass is 749 g/mol. The molecule has 0 fully saturated rings. The minimum Gasteiger partial charge on any atom is -0.444 e. The number of benzene rings is 2. The standard InChI is InChI=1S/C38H51N7O5S2/c1-26(2)36-42-32(24-51-36)22-45(4)37(48)44-34(17-18-40-27(3)46)35(47)41-30(19-28-11-7-5-8-12-28)15-16-31(20-29-13-9-6-10-14-29)43-38(49)50-23-33-21-39-25-52-33/h5-14,21,24-26,30-31,34,36,42H,15-20,22-23H2,1-4H3,(H,40,46)(H,41,47)(H,43,49)(H,44,48)/t30-,31-,34-,36?/m0/s1. The van der Waals surface area contributed by atoms with E-state index in [2.05, 4.69) is 45.4 Å². The van der Waals surface area contributed by atoms with Gasteiger partial charge in [-0.25, -0.2) is 9.59 Å². The Bertz CT molecular complexity index is 1590. The molecule has 1 aliphatic heterocycles. The van der Waals surface area contributed by atoms with Crippen LogP contribution in [-0.4, -0.2) is 77.5 Å². The molecule has 0 saturated heterocycles. The van der Waals surface area contributed by atoms with Gasteiger partial charge in [0.25, 0.3) is 0 Å². The number of rotatable bonds is 19. The van der Waals surface area contributed by atoms with Crippen molar-refractivity contribution in [3.8, 4) is 0 Å². The Balaban J connectivity index is 1.44. The second kappa shape index (κ2) is 21.1. The quantitative estimate of drug-likeness (QED) is 0.112. The first kappa shape index (κ1) is 40.2. The molecule has 280 valence electrons. The molecular formula is C38H51N7O5S2. The predicted octanol–water partition coefficient (Wildman–Crippen LogP) is 5.18. The normalized spacial score (nSPS) is 15.4. The highest BCUT2D eigenvalue weighted by Gasteiger charge is 2.27. The van der Waals surface area contributed by atoms with Gasteiger partial charge in [0.15, 0.2) is 0 Å². The lowest BCUT2D eigenvalue weighted by molar-refractivity contribution is -0.124. The van der Waals surface area contributed by atoms with Gasteiger partial charge in [0.1, 0.15) is 12.6 Å². The molecule has 3 aromatic rings. The van der Waals surface area contributed by atoms with Gasteiger partial charge in [0, 0.05) is 44.5 Å². The lowest BCUT2D eigenvalue weighted by Crippen LogP contribution is -2.54. The van der Waals surface area contributed by atoms with Crippen LogP contribution < -0.4 is 26.6 Å². The lowest BCUT2D eigenvalue weighted by Gasteiger charge is -2.27. The van der Waals surface area contributed by atoms with E-state index in [0.717, 1.165) is 21.7 Å². The highest BCUT2D eigenvalue weighted by molar-refractivity contribution is 8.03. The summed E-state index contributed by atoms with van der Waals surface area (Å²) in [4.78, 5) is 58.3. The molecule has 52 heavy (non-hydrogen) atoms. The van der Waals surface area contributed by atoms with Gasteiger partial charge in [-0.3, -0.25) is 14.6 Å². The zero-order valence-electron chi connectivity index (χ0n) is 30.3. The molecule has 2 aromatic carbocycles. The molecule has 1 aliphatic rings. The van der Waals surface area contributed by atoms with Crippen molar-refractivity contribution in [2.75, 3.05) is 20.1 Å². The topological polar surface area (TPSA) is 154 Å². The molecule has 0 aliphatic carbocycles. The first-order valence-electron chi connectivity index (χ1n) is 17.6. The number of urea groups is 1. The van der Waals surface area contributed by atoms with Crippen LogP contribution >= 0.6 is 23.1 Å². The Morgan fingerprint density at radius 2 is 1.54 bits per heavy atom. The van der Waals surface area contributed by atoms with Gasteiger partial charge in [-0.05, 0) is 54.6 Å². The van der Waals surface area contributed by atoms with Crippen LogP contribution in [0.4, 0.5) is 9.59 Å². The van der Waals surface area contributed by atoms with Gasteiger partial charge in [0.05, 0.1) is 22.3 Å². The third-order valence-electron chi connectivity index (χ3n) is 8.48. The minimum absolute atomic E-state index is 0.133. The SMILES string of the molecule is CC(=O)NCC[C@H](NC(=O)N(C)CC1=CSC(C(C)C)N1)C(=O)N[C@@H](CC[C@@H](Cc1ccccc1)NC(=O)OCc1cncs1)Cc1ccccc1. The van der Waals surface area contributed by atoms with Crippen LogP contribution in [0.5, 0.6) is 0 Å². The molecule has 4 atom stereocenters. The van der Waals surface area contributed by atoms with Gasteiger partial charge < -0.3 is 36.2 Å². The van der Waals surface area contributed by atoms with Crippen molar-refractivity contribution in [1.82, 2.24) is 36.5 Å². The van der Waals surface area contributed by atoms with Crippen molar-refractivity contribution in [3.63, 3.8) is 0 Å². The van der Waals surface area contributed by atoms with Gasteiger partial charge in [-0.15, -0.1) is 23.1 Å². The Labute approximate surface area is 314 Å². The molecule has 0 bridgehead atoms. The fourth-order valence-corrected chi connectivity index (χ4v) is 7.16. The fourth-order valence-electron chi connectivity index (χ4n) is 5.67. The van der Waals surface area contributed by atoms with E-state index in [-0.39, 0.29) is 48.8 Å². The number of carbonyl (C=O) groups is 4. The summed E-state index contributed by atoms with van der Waals surface area (Å²) in [5.41, 5.74) is 4.73. The Morgan fingerprint density at radius 3 is 2.10 bits per heavy atom. The molecule has 12 nitrogen and oxygen atoms in total. The van der Waals surface area contributed by atoms with Crippen molar-refractivity contribution >= 4 is 47.0 Å². The van der Waals surface area contributed by atoms with Crippen LogP contribution in [-0.2, 0) is 33.8 Å². The Kier molecular flexibility index (Phi) is 16.3. The smallest absolute Gasteiger partial charge is 0.407 e. The lowest BCUT2D eigenvalue weighted by atomic mass is 9.95. The summed E-state index contributed by atoms with van der Waals surface area (Å²) in [7, 11) is 1.69. The Hall–Kier alpha value is -4.56. The number of alkyl carbamates (subject to hydrolysis) is 1. The molecule has 5 N–H and O–H groups in total. The highest BCUT2D eigenvalue weighted by atomic mass is 32.2. The summed E-state index contributed by atoms with van der Waals surface area (Å²) in [6, 6.07) is 17.9. The van der Waals surface area contributed by atoms with Crippen molar-refractivity contribution in [2.45, 2.75) is 83.0 Å². The van der Waals surface area contributed by atoms with Gasteiger partial charge in [-0.1, -0.05) is 74.5 Å². The average molecular weight is 750 g/mol. The third-order valence-corrected chi connectivity index (χ3v) is 10.6. The zero-order chi connectivity index (χ0) is 37.3. The first-order valence-corrected chi connectivity index (χ1v) is 19.4. The van der Waals surface area contributed by atoms with Gasteiger partial charge >= 0.3 is 12.1 Å². The van der Waals surface area contributed by atoms with Gasteiger partial charge in [0.2, 0.25) is 11.8 Å². The van der Waals surface area contributed by atoms with E-state index >= 15 is 0 Å². The van der Waals surface area contributed by atoms with E-state index in [4.69, 9.17) is 4.74 Å². The van der Waals surface area contributed by atoms with Gasteiger partial charge in [-0.2, -0.15) is 0 Å². The molecule has 1 aromatic heterocycles. The minimum atomic E-state index is -0.900. The number of hydrogen-bond acceptors (Lipinski definition) is 9. The molecular weight excluding hydrogens is 699 g/mol. The number of hydrogen-bond donors (Lipinski definition) is 5. The number of aromatic nitrogens is 1. The van der Waals surface area contributed by atoms with Crippen LogP contribution in [0.15, 0.2) is 83.5 Å². The molecule has 1 unspecified atom stereocenters. The van der Waals surface area contributed by atoms with Crippen molar-refractivity contribution in [2.24, 2.45) is 5.92 Å². The maximum Gasteiger partial charge on any atom is 0.407 e. The number of thiazole rings is 1. The van der Waals surface area contributed by atoms with E-state index in [9.17, 15) is 19.2 Å². The van der Waals surface area contributed by atoms with Crippen LogP contribution in [0.1, 0.15) is 56.0 Å². The Morgan fingerprint density at radius 1 is 0.904 bits per heavy atom. The predicted molar refractivity (Wildman–Crippen MR) is 206 cm³/mol. The highest BCUT2D eigenvalue weighted by Crippen LogP contribution is 2.26. The summed E-state index contributed by atoms with van der Waals surface area (Å²) in [6.45, 7) is 6.40. The molecule has 2 heterocycles. The zero-order valence-corrected chi connectivity index (χ0v) is 31.9. The molecule has 14 heteroatoms.